The lowest BCUT2D eigenvalue weighted by Gasteiger charge is -2.27. The maximum absolute atomic E-state index is 9.47. The summed E-state index contributed by atoms with van der Waals surface area (Å²) in [6, 6.07) is 0. The van der Waals surface area contributed by atoms with E-state index in [9.17, 15) is 5.11 Å². The summed E-state index contributed by atoms with van der Waals surface area (Å²) in [6.45, 7) is 6.94. The molecule has 0 spiro atoms. The molecule has 0 radical (unpaired) electrons. The van der Waals surface area contributed by atoms with E-state index >= 15 is 0 Å². The predicted octanol–water partition coefficient (Wildman–Crippen LogP) is 2.02. The molecule has 2 unspecified atom stereocenters. The van der Waals surface area contributed by atoms with Crippen LogP contribution in [0.5, 0.6) is 0 Å². The van der Waals surface area contributed by atoms with Gasteiger partial charge < -0.3 is 5.11 Å². The standard InChI is InChI=1S/C8H16OSi/c1-10(2,3)8-6-4-5-7(8)9/h4-5,7-9H,6H2,1-3H3. The molecular formula is C8H16OSi. The summed E-state index contributed by atoms with van der Waals surface area (Å²) in [5.74, 6) is 0. The molecule has 0 aliphatic heterocycles. The van der Waals surface area contributed by atoms with Gasteiger partial charge in [0.25, 0.3) is 0 Å². The molecule has 0 aromatic rings. The monoisotopic (exact) mass is 156 g/mol. The fourth-order valence-corrected chi connectivity index (χ4v) is 3.48. The average molecular weight is 156 g/mol. The summed E-state index contributed by atoms with van der Waals surface area (Å²) in [6.07, 6.45) is 4.99. The second kappa shape index (κ2) is 2.51. The Morgan fingerprint density at radius 2 is 2.00 bits per heavy atom. The molecule has 1 aliphatic rings. The lowest BCUT2D eigenvalue weighted by Crippen LogP contribution is -2.33. The summed E-state index contributed by atoms with van der Waals surface area (Å²) in [4.78, 5) is 0. The third-order valence-electron chi connectivity index (χ3n) is 2.25. The van der Waals surface area contributed by atoms with E-state index in [1.807, 2.05) is 6.08 Å². The summed E-state index contributed by atoms with van der Waals surface area (Å²) in [5.41, 5.74) is 0.562. The van der Waals surface area contributed by atoms with Crippen molar-refractivity contribution in [2.75, 3.05) is 0 Å². The minimum absolute atomic E-state index is 0.147. The first kappa shape index (κ1) is 8.02. The first-order chi connectivity index (χ1) is 4.52. The second-order valence-electron chi connectivity index (χ2n) is 4.13. The van der Waals surface area contributed by atoms with Crippen LogP contribution in [-0.4, -0.2) is 19.3 Å². The first-order valence-electron chi connectivity index (χ1n) is 3.86. The van der Waals surface area contributed by atoms with Crippen molar-refractivity contribution in [3.8, 4) is 0 Å². The highest BCUT2D eigenvalue weighted by Gasteiger charge is 2.32. The van der Waals surface area contributed by atoms with Crippen LogP contribution in [-0.2, 0) is 0 Å². The Morgan fingerprint density at radius 3 is 2.20 bits per heavy atom. The van der Waals surface area contributed by atoms with Gasteiger partial charge in [0.05, 0.1) is 14.2 Å². The van der Waals surface area contributed by atoms with Crippen molar-refractivity contribution in [3.63, 3.8) is 0 Å². The third kappa shape index (κ3) is 1.50. The van der Waals surface area contributed by atoms with Gasteiger partial charge in [-0.2, -0.15) is 0 Å². The van der Waals surface area contributed by atoms with E-state index in [4.69, 9.17) is 0 Å². The minimum Gasteiger partial charge on any atom is -0.389 e. The molecule has 1 nitrogen and oxygen atoms in total. The van der Waals surface area contributed by atoms with Crippen LogP contribution in [0.4, 0.5) is 0 Å². The summed E-state index contributed by atoms with van der Waals surface area (Å²) < 4.78 is 0. The van der Waals surface area contributed by atoms with Gasteiger partial charge in [-0.15, -0.1) is 0 Å². The van der Waals surface area contributed by atoms with E-state index in [0.717, 1.165) is 6.42 Å². The number of aliphatic hydroxyl groups excluding tert-OH is 1. The smallest absolute Gasteiger partial charge is 0.0728 e. The first-order valence-corrected chi connectivity index (χ1v) is 7.44. The van der Waals surface area contributed by atoms with Crippen LogP contribution in [0.3, 0.4) is 0 Å². The van der Waals surface area contributed by atoms with Crippen LogP contribution in [0, 0.1) is 0 Å². The zero-order valence-corrected chi connectivity index (χ0v) is 7.96. The maximum atomic E-state index is 9.47. The number of rotatable bonds is 1. The number of aliphatic hydroxyl groups is 1. The van der Waals surface area contributed by atoms with E-state index in [1.54, 1.807) is 0 Å². The fraction of sp³-hybridized carbons (Fsp3) is 0.750. The molecular weight excluding hydrogens is 140 g/mol. The highest BCUT2D eigenvalue weighted by molar-refractivity contribution is 6.77. The molecule has 1 rings (SSSR count). The van der Waals surface area contributed by atoms with Crippen molar-refractivity contribution < 1.29 is 5.11 Å². The van der Waals surface area contributed by atoms with E-state index in [1.165, 1.54) is 0 Å². The van der Waals surface area contributed by atoms with Crippen LogP contribution >= 0.6 is 0 Å². The molecule has 2 atom stereocenters. The molecule has 0 fully saturated rings. The van der Waals surface area contributed by atoms with Crippen LogP contribution in [0.2, 0.25) is 25.2 Å². The lowest BCUT2D eigenvalue weighted by atomic mass is 10.3. The van der Waals surface area contributed by atoms with Crippen molar-refractivity contribution in [3.05, 3.63) is 12.2 Å². The Bertz CT molecular complexity index is 146. The molecule has 0 aromatic heterocycles. The second-order valence-corrected chi connectivity index (χ2v) is 9.60. The van der Waals surface area contributed by atoms with Crippen molar-refractivity contribution in [1.29, 1.82) is 0 Å². The molecule has 2 heteroatoms. The van der Waals surface area contributed by atoms with E-state index in [-0.39, 0.29) is 6.10 Å². The molecule has 0 saturated heterocycles. The van der Waals surface area contributed by atoms with Gasteiger partial charge in [-0.1, -0.05) is 31.8 Å². The lowest BCUT2D eigenvalue weighted by molar-refractivity contribution is 0.220. The Morgan fingerprint density at radius 1 is 1.40 bits per heavy atom. The van der Waals surface area contributed by atoms with Gasteiger partial charge in [-0.25, -0.2) is 0 Å². The molecule has 0 saturated carbocycles. The molecule has 0 heterocycles. The van der Waals surface area contributed by atoms with Gasteiger partial charge in [0.1, 0.15) is 0 Å². The van der Waals surface area contributed by atoms with E-state index < -0.39 is 8.07 Å². The van der Waals surface area contributed by atoms with Crippen molar-refractivity contribution in [2.45, 2.75) is 37.7 Å². The normalized spacial score (nSPS) is 33.2. The highest BCUT2D eigenvalue weighted by Crippen LogP contribution is 2.34. The van der Waals surface area contributed by atoms with Crippen molar-refractivity contribution >= 4 is 8.07 Å². The van der Waals surface area contributed by atoms with Gasteiger partial charge in [0.2, 0.25) is 0 Å². The van der Waals surface area contributed by atoms with Crippen molar-refractivity contribution in [2.24, 2.45) is 0 Å². The van der Waals surface area contributed by atoms with Gasteiger partial charge >= 0.3 is 0 Å². The van der Waals surface area contributed by atoms with E-state index in [0.29, 0.717) is 5.54 Å². The zero-order chi connectivity index (χ0) is 7.78. The molecule has 1 N–H and O–H groups in total. The van der Waals surface area contributed by atoms with Crippen LogP contribution < -0.4 is 0 Å². The van der Waals surface area contributed by atoms with Gasteiger partial charge in [-0.3, -0.25) is 0 Å². The summed E-state index contributed by atoms with van der Waals surface area (Å²) >= 11 is 0. The number of hydrogen-bond acceptors (Lipinski definition) is 1. The molecule has 10 heavy (non-hydrogen) atoms. The van der Waals surface area contributed by atoms with Crippen LogP contribution in [0.25, 0.3) is 0 Å². The Kier molecular flexibility index (Phi) is 2.01. The minimum atomic E-state index is -1.10. The highest BCUT2D eigenvalue weighted by atomic mass is 28.3. The molecule has 0 amide bonds. The van der Waals surface area contributed by atoms with Gasteiger partial charge in [0.15, 0.2) is 0 Å². The summed E-state index contributed by atoms with van der Waals surface area (Å²) in [5, 5.41) is 9.47. The van der Waals surface area contributed by atoms with Crippen LogP contribution in [0.1, 0.15) is 6.42 Å². The Hall–Kier alpha value is -0.0831. The topological polar surface area (TPSA) is 20.2 Å². The fourth-order valence-electron chi connectivity index (χ4n) is 1.50. The van der Waals surface area contributed by atoms with Crippen molar-refractivity contribution in [1.82, 2.24) is 0 Å². The predicted molar refractivity (Wildman–Crippen MR) is 46.9 cm³/mol. The molecule has 0 aromatic carbocycles. The molecule has 0 bridgehead atoms. The number of hydrogen-bond donors (Lipinski definition) is 1. The molecule has 58 valence electrons. The Balaban J connectivity index is 2.60. The third-order valence-corrected chi connectivity index (χ3v) is 5.05. The van der Waals surface area contributed by atoms with Gasteiger partial charge in [-0.05, 0) is 12.0 Å². The van der Waals surface area contributed by atoms with Gasteiger partial charge in [0, 0.05) is 0 Å². The molecule has 1 aliphatic carbocycles. The van der Waals surface area contributed by atoms with Crippen LogP contribution in [0.15, 0.2) is 12.2 Å². The zero-order valence-electron chi connectivity index (χ0n) is 6.96. The largest absolute Gasteiger partial charge is 0.389 e. The van der Waals surface area contributed by atoms with E-state index in [2.05, 4.69) is 25.7 Å². The Labute approximate surface area is 63.8 Å². The average Bonchev–Trinajstić information content (AvgIpc) is 2.11. The summed E-state index contributed by atoms with van der Waals surface area (Å²) in [7, 11) is -1.10. The SMILES string of the molecule is C[Si](C)(C)C1CC=CC1O. The quantitative estimate of drug-likeness (QED) is 0.455. The maximum Gasteiger partial charge on any atom is 0.0728 e. The number of allylic oxidation sites excluding steroid dienone is 1.